The van der Waals surface area contributed by atoms with E-state index in [-0.39, 0.29) is 6.61 Å². The number of hydrogen-bond acceptors (Lipinski definition) is 6. The molecule has 0 amide bonds. The molecule has 1 atom stereocenters. The molecular formula is C22H31N3O2S. The molecule has 2 aromatic rings. The monoisotopic (exact) mass is 401 g/mol. The molecule has 5 nitrogen and oxygen atoms in total. The quantitative estimate of drug-likeness (QED) is 0.687. The van der Waals surface area contributed by atoms with Crippen LogP contribution in [0.15, 0.2) is 24.3 Å². The Morgan fingerprint density at radius 1 is 1.21 bits per heavy atom. The van der Waals surface area contributed by atoms with E-state index in [2.05, 4.69) is 41.0 Å². The van der Waals surface area contributed by atoms with Crippen molar-refractivity contribution in [3.05, 3.63) is 34.8 Å². The van der Waals surface area contributed by atoms with Gasteiger partial charge in [-0.15, -0.1) is 11.3 Å². The molecule has 2 aliphatic heterocycles. The van der Waals surface area contributed by atoms with Crippen LogP contribution in [0.25, 0.3) is 10.6 Å². The van der Waals surface area contributed by atoms with Gasteiger partial charge in [0, 0.05) is 49.1 Å². The molecule has 0 bridgehead atoms. The van der Waals surface area contributed by atoms with E-state index < -0.39 is 0 Å². The molecule has 1 fully saturated rings. The van der Waals surface area contributed by atoms with Crippen molar-refractivity contribution in [2.45, 2.75) is 45.2 Å². The number of fused-ring (bicyclic) bond motifs is 1. The zero-order chi connectivity index (χ0) is 19.3. The maximum Gasteiger partial charge on any atom is 0.123 e. The lowest BCUT2D eigenvalue weighted by molar-refractivity contribution is 0.185. The van der Waals surface area contributed by atoms with Crippen LogP contribution >= 0.6 is 11.3 Å². The van der Waals surface area contributed by atoms with Gasteiger partial charge < -0.3 is 14.7 Å². The maximum atomic E-state index is 9.15. The first-order valence-electron chi connectivity index (χ1n) is 10.5. The Bertz CT molecular complexity index is 762. The molecule has 152 valence electrons. The van der Waals surface area contributed by atoms with E-state index in [9.17, 15) is 0 Å². The summed E-state index contributed by atoms with van der Waals surface area (Å²) in [5.74, 6) is 0.939. The number of aromatic nitrogens is 1. The number of ether oxygens (including phenoxy) is 1. The zero-order valence-corrected chi connectivity index (χ0v) is 17.6. The topological polar surface area (TPSA) is 48.8 Å². The maximum absolute atomic E-state index is 9.15. The van der Waals surface area contributed by atoms with Crippen LogP contribution in [0.2, 0.25) is 0 Å². The van der Waals surface area contributed by atoms with Crippen molar-refractivity contribution >= 4 is 11.3 Å². The number of thiazole rings is 1. The van der Waals surface area contributed by atoms with Crippen LogP contribution in [0, 0.1) is 0 Å². The Balaban J connectivity index is 1.29. The Hall–Kier alpha value is -1.47. The Labute approximate surface area is 172 Å². The minimum Gasteiger partial charge on any atom is -0.494 e. The molecule has 0 spiro atoms. The highest BCUT2D eigenvalue weighted by Gasteiger charge is 2.21. The van der Waals surface area contributed by atoms with Crippen molar-refractivity contribution in [2.24, 2.45) is 0 Å². The molecule has 0 radical (unpaired) electrons. The highest BCUT2D eigenvalue weighted by atomic mass is 32.1. The third kappa shape index (κ3) is 4.74. The van der Waals surface area contributed by atoms with Crippen LogP contribution in [0.5, 0.6) is 5.75 Å². The van der Waals surface area contributed by atoms with Crippen molar-refractivity contribution in [1.82, 2.24) is 14.8 Å². The van der Waals surface area contributed by atoms with E-state index in [1.54, 1.807) is 11.3 Å². The summed E-state index contributed by atoms with van der Waals surface area (Å²) in [7, 11) is 0. The van der Waals surface area contributed by atoms with Gasteiger partial charge in [-0.3, -0.25) is 4.90 Å². The van der Waals surface area contributed by atoms with E-state index in [0.717, 1.165) is 68.0 Å². The Morgan fingerprint density at radius 3 is 2.82 bits per heavy atom. The minimum atomic E-state index is 0.222. The Morgan fingerprint density at radius 2 is 2.07 bits per heavy atom. The molecule has 1 N–H and O–H groups in total. The van der Waals surface area contributed by atoms with Crippen molar-refractivity contribution in [3.63, 3.8) is 0 Å². The van der Waals surface area contributed by atoms with Gasteiger partial charge in [0.1, 0.15) is 10.8 Å². The Kier molecular flexibility index (Phi) is 6.62. The number of aliphatic hydroxyl groups excluding tert-OH is 1. The molecule has 0 saturated carbocycles. The van der Waals surface area contributed by atoms with Gasteiger partial charge in [-0.1, -0.05) is 0 Å². The number of nitrogens with zero attached hydrogens (tertiary/aromatic N) is 3. The lowest BCUT2D eigenvalue weighted by atomic mass is 10.2. The van der Waals surface area contributed by atoms with Gasteiger partial charge >= 0.3 is 0 Å². The fourth-order valence-electron chi connectivity index (χ4n) is 4.18. The fraction of sp³-hybridized carbons (Fsp3) is 0.591. The van der Waals surface area contributed by atoms with Crippen molar-refractivity contribution < 1.29 is 9.84 Å². The third-order valence-corrected chi connectivity index (χ3v) is 7.01. The molecule has 4 rings (SSSR count). The molecule has 6 heteroatoms. The first kappa shape index (κ1) is 19.8. The number of hydrogen-bond donors (Lipinski definition) is 1. The summed E-state index contributed by atoms with van der Waals surface area (Å²) in [5.41, 5.74) is 2.39. The van der Waals surface area contributed by atoms with Crippen LogP contribution in [-0.4, -0.2) is 65.3 Å². The largest absolute Gasteiger partial charge is 0.494 e. The second-order valence-electron chi connectivity index (χ2n) is 7.89. The molecule has 2 aliphatic rings. The summed E-state index contributed by atoms with van der Waals surface area (Å²) in [6.07, 6.45) is 4.73. The highest BCUT2D eigenvalue weighted by Crippen LogP contribution is 2.32. The summed E-state index contributed by atoms with van der Waals surface area (Å²) < 4.78 is 5.94. The number of aliphatic hydroxyl groups is 1. The van der Waals surface area contributed by atoms with Crippen molar-refractivity contribution in [3.8, 4) is 16.3 Å². The van der Waals surface area contributed by atoms with Gasteiger partial charge in [0.2, 0.25) is 0 Å². The summed E-state index contributed by atoms with van der Waals surface area (Å²) in [6.45, 7) is 8.34. The van der Waals surface area contributed by atoms with Gasteiger partial charge in [-0.05, 0) is 57.0 Å². The number of β-amino-alcohol motifs (C(OH)–C–C–N with tert-alkyl or cyclic N) is 1. The smallest absolute Gasteiger partial charge is 0.123 e. The van der Waals surface area contributed by atoms with Crippen LogP contribution in [-0.2, 0) is 13.0 Å². The second kappa shape index (κ2) is 9.35. The van der Waals surface area contributed by atoms with E-state index in [1.165, 1.54) is 30.0 Å². The highest BCUT2D eigenvalue weighted by molar-refractivity contribution is 7.15. The van der Waals surface area contributed by atoms with E-state index in [4.69, 9.17) is 14.8 Å². The van der Waals surface area contributed by atoms with Crippen molar-refractivity contribution in [2.75, 3.05) is 39.4 Å². The predicted octanol–water partition coefficient (Wildman–Crippen LogP) is 3.41. The predicted molar refractivity (Wildman–Crippen MR) is 114 cm³/mol. The average molecular weight is 402 g/mol. The summed E-state index contributed by atoms with van der Waals surface area (Å²) >= 11 is 1.78. The van der Waals surface area contributed by atoms with Crippen molar-refractivity contribution in [1.29, 1.82) is 0 Å². The lowest BCUT2D eigenvalue weighted by Gasteiger charge is -2.24. The number of benzene rings is 1. The molecule has 1 aromatic heterocycles. The van der Waals surface area contributed by atoms with Gasteiger partial charge in [0.05, 0.1) is 18.9 Å². The molecule has 28 heavy (non-hydrogen) atoms. The SMILES string of the molecule is CC1CCCN1CCCOc1ccc(-c2nc3c(s2)CN(CCO)CC3)cc1. The first-order valence-corrected chi connectivity index (χ1v) is 11.3. The molecule has 3 heterocycles. The summed E-state index contributed by atoms with van der Waals surface area (Å²) in [4.78, 5) is 11.1. The fourth-order valence-corrected chi connectivity index (χ4v) is 5.34. The normalized spacial score (nSPS) is 20.4. The molecule has 1 unspecified atom stereocenters. The standard InChI is InChI=1S/C22H31N3O2S/c1-17-4-2-10-25(17)11-3-15-27-19-7-5-18(6-8-19)22-23-20-9-12-24(13-14-26)16-21(20)28-22/h5-8,17,26H,2-4,9-16H2,1H3. The van der Waals surface area contributed by atoms with Crippen LogP contribution < -0.4 is 4.74 Å². The lowest BCUT2D eigenvalue weighted by Crippen LogP contribution is -2.32. The molecule has 0 aliphatic carbocycles. The first-order chi connectivity index (χ1) is 13.7. The minimum absolute atomic E-state index is 0.222. The third-order valence-electron chi connectivity index (χ3n) is 5.88. The zero-order valence-electron chi connectivity index (χ0n) is 16.8. The second-order valence-corrected chi connectivity index (χ2v) is 8.98. The average Bonchev–Trinajstić information content (AvgIpc) is 3.31. The van der Waals surface area contributed by atoms with E-state index in [1.807, 2.05) is 0 Å². The van der Waals surface area contributed by atoms with E-state index in [0.29, 0.717) is 0 Å². The summed E-state index contributed by atoms with van der Waals surface area (Å²) in [5, 5.41) is 10.2. The number of rotatable bonds is 8. The van der Waals surface area contributed by atoms with Crippen LogP contribution in [0.3, 0.4) is 0 Å². The molecule has 1 saturated heterocycles. The van der Waals surface area contributed by atoms with Gasteiger partial charge in [-0.25, -0.2) is 4.98 Å². The van der Waals surface area contributed by atoms with E-state index >= 15 is 0 Å². The molecular weight excluding hydrogens is 370 g/mol. The van der Waals surface area contributed by atoms with Crippen LogP contribution in [0.4, 0.5) is 0 Å². The molecule has 1 aromatic carbocycles. The number of likely N-dealkylation sites (tertiary alicyclic amines) is 1. The van der Waals surface area contributed by atoms with Gasteiger partial charge in [0.15, 0.2) is 0 Å². The van der Waals surface area contributed by atoms with Gasteiger partial charge in [0.25, 0.3) is 0 Å². The summed E-state index contributed by atoms with van der Waals surface area (Å²) in [6, 6.07) is 9.10. The van der Waals surface area contributed by atoms with Gasteiger partial charge in [-0.2, -0.15) is 0 Å². The van der Waals surface area contributed by atoms with Crippen LogP contribution in [0.1, 0.15) is 36.8 Å².